The largest absolute Gasteiger partial charge is 0.378 e. The molecule has 2 aromatic heterocycles. The zero-order valence-electron chi connectivity index (χ0n) is 14.4. The highest BCUT2D eigenvalue weighted by Gasteiger charge is 2.34. The molecular weight excluding hydrogens is 404 g/mol. The third kappa shape index (κ3) is 4.22. The van der Waals surface area contributed by atoms with E-state index in [1.807, 2.05) is 22.2 Å². The van der Waals surface area contributed by atoms with Gasteiger partial charge >= 0.3 is 11.8 Å². The lowest BCUT2D eigenvalue weighted by molar-refractivity contribution is -0.136. The number of hydrogen-bond donors (Lipinski definition) is 3. The standard InChI is InChI=1S/C19H17ClN2O3S2/c1-12-14(20)4-2-5-15(12)22-18(24)17(23)21-11-19(25,13-7-9-26-10-13)16-6-3-8-27-16/h2-10,25H,11H2,1H3,(H,21,23)(H,22,24). The van der Waals surface area contributed by atoms with Crippen molar-refractivity contribution in [2.45, 2.75) is 12.5 Å². The zero-order valence-corrected chi connectivity index (χ0v) is 16.8. The van der Waals surface area contributed by atoms with Crippen LogP contribution in [-0.2, 0) is 15.2 Å². The monoisotopic (exact) mass is 420 g/mol. The summed E-state index contributed by atoms with van der Waals surface area (Å²) in [5.74, 6) is -1.65. The van der Waals surface area contributed by atoms with Crippen LogP contribution in [0.5, 0.6) is 0 Å². The molecule has 0 aliphatic carbocycles. The van der Waals surface area contributed by atoms with Gasteiger partial charge in [0, 0.05) is 21.2 Å². The first-order valence-corrected chi connectivity index (χ1v) is 10.2. The van der Waals surface area contributed by atoms with Gasteiger partial charge in [0.25, 0.3) is 0 Å². The second-order valence-corrected chi connectivity index (χ2v) is 8.03. The molecule has 3 aromatic rings. The average Bonchev–Trinajstić information content (AvgIpc) is 3.37. The lowest BCUT2D eigenvalue weighted by Crippen LogP contribution is -2.44. The molecule has 0 saturated heterocycles. The number of halogens is 1. The SMILES string of the molecule is Cc1c(Cl)cccc1NC(=O)C(=O)NCC(O)(c1ccsc1)c1cccs1. The highest BCUT2D eigenvalue weighted by atomic mass is 35.5. The first-order chi connectivity index (χ1) is 12.9. The Hall–Kier alpha value is -2.19. The van der Waals surface area contributed by atoms with Gasteiger partial charge in [-0.2, -0.15) is 11.3 Å². The van der Waals surface area contributed by atoms with Crippen LogP contribution in [0.15, 0.2) is 52.5 Å². The summed E-state index contributed by atoms with van der Waals surface area (Å²) in [5, 5.41) is 22.3. The summed E-state index contributed by atoms with van der Waals surface area (Å²) in [4.78, 5) is 25.2. The lowest BCUT2D eigenvalue weighted by Gasteiger charge is -2.26. The van der Waals surface area contributed by atoms with Gasteiger partial charge < -0.3 is 15.7 Å². The maximum atomic E-state index is 12.3. The molecule has 0 aliphatic heterocycles. The molecule has 0 bridgehead atoms. The van der Waals surface area contributed by atoms with Crippen LogP contribution >= 0.6 is 34.3 Å². The van der Waals surface area contributed by atoms with Gasteiger partial charge in [-0.05, 0) is 52.9 Å². The fourth-order valence-corrected chi connectivity index (χ4v) is 4.30. The molecule has 0 aliphatic rings. The van der Waals surface area contributed by atoms with Gasteiger partial charge in [-0.25, -0.2) is 0 Å². The highest BCUT2D eigenvalue weighted by Crippen LogP contribution is 2.33. The number of anilines is 1. The van der Waals surface area contributed by atoms with Crippen LogP contribution in [0, 0.1) is 6.92 Å². The van der Waals surface area contributed by atoms with Crippen molar-refractivity contribution in [3.05, 3.63) is 73.6 Å². The number of thiophene rings is 2. The van der Waals surface area contributed by atoms with E-state index < -0.39 is 17.4 Å². The van der Waals surface area contributed by atoms with Crippen molar-refractivity contribution in [1.82, 2.24) is 5.32 Å². The average molecular weight is 421 g/mol. The quantitative estimate of drug-likeness (QED) is 0.550. The minimum absolute atomic E-state index is 0.120. The van der Waals surface area contributed by atoms with E-state index in [0.29, 0.717) is 26.7 Å². The van der Waals surface area contributed by atoms with E-state index >= 15 is 0 Å². The highest BCUT2D eigenvalue weighted by molar-refractivity contribution is 7.10. The van der Waals surface area contributed by atoms with Crippen molar-refractivity contribution in [1.29, 1.82) is 0 Å². The van der Waals surface area contributed by atoms with Crippen LogP contribution in [-0.4, -0.2) is 23.5 Å². The van der Waals surface area contributed by atoms with Crippen molar-refractivity contribution in [3.63, 3.8) is 0 Å². The molecule has 3 rings (SSSR count). The number of amides is 2. The summed E-state index contributed by atoms with van der Waals surface area (Å²) in [6, 6.07) is 10.5. The second-order valence-electron chi connectivity index (χ2n) is 5.90. The summed E-state index contributed by atoms with van der Waals surface area (Å²) < 4.78 is 0. The molecule has 8 heteroatoms. The Morgan fingerprint density at radius 1 is 1.15 bits per heavy atom. The summed E-state index contributed by atoms with van der Waals surface area (Å²) in [6.07, 6.45) is 0. The van der Waals surface area contributed by atoms with E-state index in [-0.39, 0.29) is 6.54 Å². The minimum atomic E-state index is -1.39. The Bertz CT molecular complexity index is 906. The summed E-state index contributed by atoms with van der Waals surface area (Å²) >= 11 is 8.86. The van der Waals surface area contributed by atoms with Gasteiger partial charge in [0.15, 0.2) is 0 Å². The Balaban J connectivity index is 1.71. The normalized spacial score (nSPS) is 13.0. The molecule has 27 heavy (non-hydrogen) atoms. The van der Waals surface area contributed by atoms with Crippen LogP contribution in [0.4, 0.5) is 5.69 Å². The second kappa shape index (κ2) is 8.22. The Morgan fingerprint density at radius 2 is 1.96 bits per heavy atom. The van der Waals surface area contributed by atoms with E-state index in [1.165, 1.54) is 22.7 Å². The molecule has 0 saturated carbocycles. The van der Waals surface area contributed by atoms with Crippen molar-refractivity contribution < 1.29 is 14.7 Å². The fraction of sp³-hybridized carbons (Fsp3) is 0.158. The van der Waals surface area contributed by atoms with Crippen LogP contribution in [0.2, 0.25) is 5.02 Å². The van der Waals surface area contributed by atoms with E-state index in [2.05, 4.69) is 10.6 Å². The Labute approximate surface area is 169 Å². The van der Waals surface area contributed by atoms with Gasteiger partial charge in [-0.15, -0.1) is 11.3 Å². The molecule has 0 fully saturated rings. The van der Waals surface area contributed by atoms with Gasteiger partial charge in [0.1, 0.15) is 5.60 Å². The molecule has 1 atom stereocenters. The number of aliphatic hydroxyl groups is 1. The fourth-order valence-electron chi connectivity index (χ4n) is 2.56. The number of benzene rings is 1. The first-order valence-electron chi connectivity index (χ1n) is 8.05. The predicted molar refractivity (Wildman–Crippen MR) is 109 cm³/mol. The third-order valence-electron chi connectivity index (χ3n) is 4.15. The molecule has 3 N–H and O–H groups in total. The van der Waals surface area contributed by atoms with Crippen molar-refractivity contribution >= 4 is 51.8 Å². The Kier molecular flexibility index (Phi) is 5.96. The van der Waals surface area contributed by atoms with Gasteiger partial charge in [0.05, 0.1) is 6.54 Å². The van der Waals surface area contributed by atoms with E-state index in [1.54, 1.807) is 37.3 Å². The molecule has 140 valence electrons. The van der Waals surface area contributed by atoms with Gasteiger partial charge in [-0.3, -0.25) is 9.59 Å². The number of hydrogen-bond acceptors (Lipinski definition) is 5. The maximum Gasteiger partial charge on any atom is 0.313 e. The molecular formula is C19H17ClN2O3S2. The summed E-state index contributed by atoms with van der Waals surface area (Å²) in [7, 11) is 0. The van der Waals surface area contributed by atoms with Crippen LogP contribution in [0.25, 0.3) is 0 Å². The van der Waals surface area contributed by atoms with Crippen LogP contribution < -0.4 is 10.6 Å². The van der Waals surface area contributed by atoms with Crippen LogP contribution in [0.1, 0.15) is 16.0 Å². The number of rotatable bonds is 5. The van der Waals surface area contributed by atoms with E-state index in [9.17, 15) is 14.7 Å². The predicted octanol–water partition coefficient (Wildman–Crippen LogP) is 3.76. The topological polar surface area (TPSA) is 78.4 Å². The molecule has 2 amide bonds. The van der Waals surface area contributed by atoms with E-state index in [0.717, 1.165) is 0 Å². The molecule has 2 heterocycles. The van der Waals surface area contributed by atoms with Crippen LogP contribution in [0.3, 0.4) is 0 Å². The molecule has 0 spiro atoms. The number of carbonyl (C=O) groups excluding carboxylic acids is 2. The van der Waals surface area contributed by atoms with Crippen molar-refractivity contribution in [3.8, 4) is 0 Å². The lowest BCUT2D eigenvalue weighted by atomic mass is 9.94. The summed E-state index contributed by atoms with van der Waals surface area (Å²) in [5.41, 5.74) is 0.417. The smallest absolute Gasteiger partial charge is 0.313 e. The molecule has 1 aromatic carbocycles. The first kappa shape index (κ1) is 19.6. The van der Waals surface area contributed by atoms with Crippen molar-refractivity contribution in [2.75, 3.05) is 11.9 Å². The van der Waals surface area contributed by atoms with Gasteiger partial charge in [0.2, 0.25) is 0 Å². The number of carbonyl (C=O) groups is 2. The molecule has 5 nitrogen and oxygen atoms in total. The number of nitrogens with one attached hydrogen (secondary N) is 2. The minimum Gasteiger partial charge on any atom is -0.378 e. The third-order valence-corrected chi connectivity index (χ3v) is 6.27. The summed E-state index contributed by atoms with van der Waals surface area (Å²) in [6.45, 7) is 1.63. The van der Waals surface area contributed by atoms with E-state index in [4.69, 9.17) is 11.6 Å². The van der Waals surface area contributed by atoms with Crippen molar-refractivity contribution in [2.24, 2.45) is 0 Å². The Morgan fingerprint density at radius 3 is 2.63 bits per heavy atom. The maximum absolute atomic E-state index is 12.3. The van der Waals surface area contributed by atoms with Gasteiger partial charge in [-0.1, -0.05) is 23.7 Å². The zero-order chi connectivity index (χ0) is 19.4. The molecule has 0 radical (unpaired) electrons. The molecule has 1 unspecified atom stereocenters.